The molecule has 26 heavy (non-hydrogen) atoms. The van der Waals surface area contributed by atoms with Gasteiger partial charge in [-0.25, -0.2) is 0 Å². The van der Waals surface area contributed by atoms with Gasteiger partial charge >= 0.3 is 0 Å². The van der Waals surface area contributed by atoms with Gasteiger partial charge in [0.2, 0.25) is 11.8 Å². The van der Waals surface area contributed by atoms with E-state index in [4.69, 9.17) is 11.6 Å². The highest BCUT2D eigenvalue weighted by Crippen LogP contribution is 2.21. The molecule has 0 aliphatic heterocycles. The van der Waals surface area contributed by atoms with Gasteiger partial charge in [0.15, 0.2) is 0 Å². The standard InChI is InChI=1S/C21H25ClN2O2/c1-14(2)19(21(26)23-15(3)16-10-6-4-7-11-16)24-20(25)18(22)17-12-8-5-9-13-17/h4-15,18-19H,1-3H3,(H,23,26)(H,24,25). The average molecular weight is 373 g/mol. The first-order valence-corrected chi connectivity index (χ1v) is 9.18. The second kappa shape index (κ2) is 9.39. The van der Waals surface area contributed by atoms with E-state index in [1.165, 1.54) is 0 Å². The Hall–Kier alpha value is -2.33. The van der Waals surface area contributed by atoms with E-state index in [1.807, 2.05) is 69.3 Å². The van der Waals surface area contributed by atoms with Crippen molar-refractivity contribution in [1.82, 2.24) is 10.6 Å². The van der Waals surface area contributed by atoms with Crippen molar-refractivity contribution in [2.45, 2.75) is 38.2 Å². The van der Waals surface area contributed by atoms with Gasteiger partial charge in [0.1, 0.15) is 11.4 Å². The molecule has 0 radical (unpaired) electrons. The highest BCUT2D eigenvalue weighted by atomic mass is 35.5. The summed E-state index contributed by atoms with van der Waals surface area (Å²) in [6.45, 7) is 5.70. The third-order valence-corrected chi connectivity index (χ3v) is 4.68. The van der Waals surface area contributed by atoms with E-state index in [9.17, 15) is 9.59 Å². The van der Waals surface area contributed by atoms with Crippen LogP contribution >= 0.6 is 11.6 Å². The molecule has 2 aromatic rings. The number of nitrogens with one attached hydrogen (secondary N) is 2. The number of benzene rings is 2. The van der Waals surface area contributed by atoms with Crippen molar-refractivity contribution in [1.29, 1.82) is 0 Å². The van der Waals surface area contributed by atoms with Crippen LogP contribution in [0.3, 0.4) is 0 Å². The molecule has 2 aromatic carbocycles. The summed E-state index contributed by atoms with van der Waals surface area (Å²) in [5, 5.41) is 4.92. The molecule has 2 amide bonds. The number of rotatable bonds is 7. The van der Waals surface area contributed by atoms with Gasteiger partial charge in [-0.15, -0.1) is 11.6 Å². The van der Waals surface area contributed by atoms with Crippen LogP contribution in [0.4, 0.5) is 0 Å². The molecule has 2 N–H and O–H groups in total. The van der Waals surface area contributed by atoms with Crippen molar-refractivity contribution >= 4 is 23.4 Å². The summed E-state index contributed by atoms with van der Waals surface area (Å²) in [4.78, 5) is 25.2. The molecule has 0 bridgehead atoms. The monoisotopic (exact) mass is 372 g/mol. The van der Waals surface area contributed by atoms with Crippen LogP contribution in [0.25, 0.3) is 0 Å². The van der Waals surface area contributed by atoms with Crippen LogP contribution in [0, 0.1) is 5.92 Å². The Morgan fingerprint density at radius 3 is 1.77 bits per heavy atom. The molecule has 3 unspecified atom stereocenters. The van der Waals surface area contributed by atoms with E-state index in [0.29, 0.717) is 5.56 Å². The molecule has 0 aliphatic rings. The van der Waals surface area contributed by atoms with Gasteiger partial charge in [-0.05, 0) is 24.0 Å². The van der Waals surface area contributed by atoms with E-state index >= 15 is 0 Å². The highest BCUT2D eigenvalue weighted by Gasteiger charge is 2.28. The molecule has 0 fully saturated rings. The number of alkyl halides is 1. The minimum absolute atomic E-state index is 0.0680. The van der Waals surface area contributed by atoms with Crippen molar-refractivity contribution in [3.8, 4) is 0 Å². The summed E-state index contributed by atoms with van der Waals surface area (Å²) in [5.41, 5.74) is 1.71. The Morgan fingerprint density at radius 2 is 1.27 bits per heavy atom. The van der Waals surface area contributed by atoms with Crippen molar-refractivity contribution in [2.75, 3.05) is 0 Å². The largest absolute Gasteiger partial charge is 0.348 e. The lowest BCUT2D eigenvalue weighted by Crippen LogP contribution is -2.50. The topological polar surface area (TPSA) is 58.2 Å². The Balaban J connectivity index is 2.03. The van der Waals surface area contributed by atoms with Crippen LogP contribution < -0.4 is 10.6 Å². The molecule has 0 saturated carbocycles. The van der Waals surface area contributed by atoms with E-state index in [1.54, 1.807) is 12.1 Å². The van der Waals surface area contributed by atoms with Gasteiger partial charge in [-0.3, -0.25) is 9.59 Å². The summed E-state index contributed by atoms with van der Waals surface area (Å²) < 4.78 is 0. The zero-order valence-electron chi connectivity index (χ0n) is 15.3. The zero-order chi connectivity index (χ0) is 19.1. The average Bonchev–Trinajstić information content (AvgIpc) is 2.66. The molecule has 2 rings (SSSR count). The van der Waals surface area contributed by atoms with Gasteiger partial charge in [0.25, 0.3) is 0 Å². The van der Waals surface area contributed by atoms with Gasteiger partial charge in [0.05, 0.1) is 6.04 Å². The smallest absolute Gasteiger partial charge is 0.243 e. The van der Waals surface area contributed by atoms with Crippen LogP contribution in [0.15, 0.2) is 60.7 Å². The molecule has 138 valence electrons. The van der Waals surface area contributed by atoms with Gasteiger partial charge in [-0.2, -0.15) is 0 Å². The molecular formula is C21H25ClN2O2. The molecule has 5 heteroatoms. The summed E-state index contributed by atoms with van der Waals surface area (Å²) in [6.07, 6.45) is 0. The third kappa shape index (κ3) is 5.33. The second-order valence-corrected chi connectivity index (χ2v) is 7.08. The number of carbonyl (C=O) groups excluding carboxylic acids is 2. The normalized spacial score (nSPS) is 14.3. The van der Waals surface area contributed by atoms with Crippen LogP contribution in [0.1, 0.15) is 43.3 Å². The quantitative estimate of drug-likeness (QED) is 0.722. The predicted octanol–water partition coefficient (Wildman–Crippen LogP) is 3.98. The first kappa shape index (κ1) is 20.0. The van der Waals surface area contributed by atoms with Crippen molar-refractivity contribution in [3.05, 3.63) is 71.8 Å². The number of hydrogen-bond acceptors (Lipinski definition) is 2. The lowest BCUT2D eigenvalue weighted by Gasteiger charge is -2.25. The maximum absolute atomic E-state index is 12.7. The molecule has 3 atom stereocenters. The number of amides is 2. The second-order valence-electron chi connectivity index (χ2n) is 6.64. The molecule has 0 aromatic heterocycles. The van der Waals surface area contributed by atoms with Crippen LogP contribution in [0.2, 0.25) is 0 Å². The van der Waals surface area contributed by atoms with E-state index in [0.717, 1.165) is 5.56 Å². The lowest BCUT2D eigenvalue weighted by molar-refractivity contribution is -0.130. The minimum Gasteiger partial charge on any atom is -0.348 e. The minimum atomic E-state index is -0.836. The van der Waals surface area contributed by atoms with Crippen LogP contribution in [-0.4, -0.2) is 17.9 Å². The van der Waals surface area contributed by atoms with Gasteiger partial charge in [0, 0.05) is 0 Å². The number of hydrogen-bond donors (Lipinski definition) is 2. The molecular weight excluding hydrogens is 348 g/mol. The molecule has 0 heterocycles. The Labute approximate surface area is 159 Å². The molecule has 0 aliphatic carbocycles. The summed E-state index contributed by atoms with van der Waals surface area (Å²) in [5.74, 6) is -0.665. The molecule has 4 nitrogen and oxygen atoms in total. The number of halogens is 1. The summed E-state index contributed by atoms with van der Waals surface area (Å²) in [6, 6.07) is 18.0. The van der Waals surface area contributed by atoms with Crippen LogP contribution in [0.5, 0.6) is 0 Å². The van der Waals surface area contributed by atoms with Crippen molar-refractivity contribution in [2.24, 2.45) is 5.92 Å². The fraction of sp³-hybridized carbons (Fsp3) is 0.333. The molecule has 0 saturated heterocycles. The van der Waals surface area contributed by atoms with Gasteiger partial charge < -0.3 is 10.6 Å². The predicted molar refractivity (Wildman–Crippen MR) is 105 cm³/mol. The Bertz CT molecular complexity index is 719. The number of carbonyl (C=O) groups is 2. The third-order valence-electron chi connectivity index (χ3n) is 4.23. The van der Waals surface area contributed by atoms with Gasteiger partial charge in [-0.1, -0.05) is 74.5 Å². The van der Waals surface area contributed by atoms with E-state index in [2.05, 4.69) is 10.6 Å². The maximum atomic E-state index is 12.7. The first-order chi connectivity index (χ1) is 12.4. The fourth-order valence-corrected chi connectivity index (χ4v) is 2.87. The van der Waals surface area contributed by atoms with E-state index in [-0.39, 0.29) is 23.8 Å². The lowest BCUT2D eigenvalue weighted by atomic mass is 10.0. The maximum Gasteiger partial charge on any atom is 0.243 e. The summed E-state index contributed by atoms with van der Waals surface area (Å²) in [7, 11) is 0. The van der Waals surface area contributed by atoms with E-state index < -0.39 is 11.4 Å². The highest BCUT2D eigenvalue weighted by molar-refractivity contribution is 6.30. The van der Waals surface area contributed by atoms with Crippen molar-refractivity contribution in [3.63, 3.8) is 0 Å². The Kier molecular flexibility index (Phi) is 7.22. The summed E-state index contributed by atoms with van der Waals surface area (Å²) >= 11 is 6.27. The molecule has 0 spiro atoms. The Morgan fingerprint density at radius 1 is 0.769 bits per heavy atom. The van der Waals surface area contributed by atoms with Crippen LogP contribution in [-0.2, 0) is 9.59 Å². The SMILES string of the molecule is CC(NC(=O)C(NC(=O)C(Cl)c1ccccc1)C(C)C)c1ccccc1. The fourth-order valence-electron chi connectivity index (χ4n) is 2.66. The first-order valence-electron chi connectivity index (χ1n) is 8.75. The van der Waals surface area contributed by atoms with Crippen molar-refractivity contribution < 1.29 is 9.59 Å². The zero-order valence-corrected chi connectivity index (χ0v) is 16.0.